The van der Waals surface area contributed by atoms with Gasteiger partial charge in [0.25, 0.3) is 0 Å². The summed E-state index contributed by atoms with van der Waals surface area (Å²) in [6.07, 6.45) is 3.56. The van der Waals surface area contributed by atoms with E-state index in [9.17, 15) is 0 Å². The topological polar surface area (TPSA) is 44.3 Å². The van der Waals surface area contributed by atoms with Crippen molar-refractivity contribution in [2.45, 2.75) is 13.8 Å². The van der Waals surface area contributed by atoms with Gasteiger partial charge in [-0.1, -0.05) is 12.1 Å². The maximum Gasteiger partial charge on any atom is 0.225 e. The zero-order valence-electron chi connectivity index (χ0n) is 13.5. The van der Waals surface area contributed by atoms with E-state index in [4.69, 9.17) is 12.2 Å². The Bertz CT molecular complexity index is 681. The summed E-state index contributed by atoms with van der Waals surface area (Å²) in [6.45, 7) is 7.72. The third-order valence-electron chi connectivity index (χ3n) is 4.25. The summed E-state index contributed by atoms with van der Waals surface area (Å²) in [6, 6.07) is 8.08. The van der Waals surface area contributed by atoms with Gasteiger partial charge in [0.05, 0.1) is 0 Å². The summed E-state index contributed by atoms with van der Waals surface area (Å²) in [4.78, 5) is 13.0. The molecule has 1 aliphatic heterocycles. The van der Waals surface area contributed by atoms with Crippen molar-refractivity contribution in [1.82, 2.24) is 14.9 Å². The number of benzene rings is 1. The number of aryl methyl sites for hydroxylation is 1. The SMILES string of the molecule is Cc1cccc(NC(=S)N2CCN(c3ncccn3)CC2)c1C. The van der Waals surface area contributed by atoms with E-state index in [1.54, 1.807) is 12.4 Å². The van der Waals surface area contributed by atoms with Crippen molar-refractivity contribution in [2.75, 3.05) is 36.4 Å². The van der Waals surface area contributed by atoms with Gasteiger partial charge in [-0.15, -0.1) is 0 Å². The molecule has 0 unspecified atom stereocenters. The van der Waals surface area contributed by atoms with E-state index in [0.717, 1.165) is 42.9 Å². The maximum atomic E-state index is 5.58. The van der Waals surface area contributed by atoms with E-state index < -0.39 is 0 Å². The molecule has 1 fully saturated rings. The molecule has 0 amide bonds. The van der Waals surface area contributed by atoms with Gasteiger partial charge in [0.15, 0.2) is 5.11 Å². The Morgan fingerprint density at radius 1 is 1.04 bits per heavy atom. The highest BCUT2D eigenvalue weighted by Crippen LogP contribution is 2.19. The van der Waals surface area contributed by atoms with Gasteiger partial charge in [0.2, 0.25) is 5.95 Å². The van der Waals surface area contributed by atoms with E-state index in [-0.39, 0.29) is 0 Å². The molecular weight excluding hydrogens is 306 g/mol. The molecular formula is C17H21N5S. The van der Waals surface area contributed by atoms with E-state index >= 15 is 0 Å². The molecule has 0 aliphatic carbocycles. The molecule has 2 heterocycles. The standard InChI is InChI=1S/C17H21N5S/c1-13-5-3-6-15(14(13)2)20-17(23)22-11-9-21(10-12-22)16-18-7-4-8-19-16/h3-8H,9-12H2,1-2H3,(H,20,23). The first-order chi connectivity index (χ1) is 11.1. The second-order valence-corrected chi connectivity index (χ2v) is 6.09. The minimum absolute atomic E-state index is 0.785. The van der Waals surface area contributed by atoms with Gasteiger partial charge in [-0.05, 0) is 49.3 Å². The fraction of sp³-hybridized carbons (Fsp3) is 0.353. The molecule has 1 aromatic heterocycles. The van der Waals surface area contributed by atoms with Crippen molar-refractivity contribution in [3.63, 3.8) is 0 Å². The number of hydrogen-bond acceptors (Lipinski definition) is 4. The minimum atomic E-state index is 0.785. The van der Waals surface area contributed by atoms with Crippen LogP contribution in [0.5, 0.6) is 0 Å². The molecule has 1 aliphatic rings. The van der Waals surface area contributed by atoms with Crippen LogP contribution in [0.15, 0.2) is 36.7 Å². The monoisotopic (exact) mass is 327 g/mol. The largest absolute Gasteiger partial charge is 0.345 e. The molecule has 23 heavy (non-hydrogen) atoms. The first-order valence-corrected chi connectivity index (χ1v) is 8.20. The molecule has 2 aromatic rings. The van der Waals surface area contributed by atoms with Gasteiger partial charge in [-0.3, -0.25) is 0 Å². The van der Waals surface area contributed by atoms with E-state index in [0.29, 0.717) is 0 Å². The Morgan fingerprint density at radius 2 is 1.74 bits per heavy atom. The number of piperazine rings is 1. The molecule has 0 saturated carbocycles. The van der Waals surface area contributed by atoms with Crippen molar-refractivity contribution in [3.05, 3.63) is 47.8 Å². The smallest absolute Gasteiger partial charge is 0.225 e. The van der Waals surface area contributed by atoms with E-state index in [2.05, 4.69) is 57.1 Å². The molecule has 0 bridgehead atoms. The van der Waals surface area contributed by atoms with Crippen LogP contribution < -0.4 is 10.2 Å². The molecule has 120 valence electrons. The fourth-order valence-electron chi connectivity index (χ4n) is 2.64. The van der Waals surface area contributed by atoms with Crippen molar-refractivity contribution in [3.8, 4) is 0 Å². The number of rotatable bonds is 2. The molecule has 3 rings (SSSR count). The highest BCUT2D eigenvalue weighted by molar-refractivity contribution is 7.80. The van der Waals surface area contributed by atoms with Gasteiger partial charge in [0, 0.05) is 44.3 Å². The van der Waals surface area contributed by atoms with Crippen LogP contribution in [-0.4, -0.2) is 46.2 Å². The quantitative estimate of drug-likeness (QED) is 0.856. The van der Waals surface area contributed by atoms with Crippen LogP contribution in [0.2, 0.25) is 0 Å². The number of thiocarbonyl (C=S) groups is 1. The second-order valence-electron chi connectivity index (χ2n) is 5.70. The van der Waals surface area contributed by atoms with E-state index in [1.807, 2.05) is 6.07 Å². The zero-order chi connectivity index (χ0) is 16.2. The van der Waals surface area contributed by atoms with Crippen molar-refractivity contribution < 1.29 is 0 Å². The molecule has 1 N–H and O–H groups in total. The Kier molecular flexibility index (Phi) is 4.71. The summed E-state index contributed by atoms with van der Waals surface area (Å²) in [5.41, 5.74) is 3.60. The minimum Gasteiger partial charge on any atom is -0.345 e. The lowest BCUT2D eigenvalue weighted by molar-refractivity contribution is 0.388. The molecule has 1 saturated heterocycles. The summed E-state index contributed by atoms with van der Waals surface area (Å²) in [7, 11) is 0. The molecule has 0 spiro atoms. The predicted molar refractivity (Wildman–Crippen MR) is 98.0 cm³/mol. The van der Waals surface area contributed by atoms with Crippen LogP contribution in [0.1, 0.15) is 11.1 Å². The third-order valence-corrected chi connectivity index (χ3v) is 4.61. The molecule has 1 aromatic carbocycles. The van der Waals surface area contributed by atoms with Crippen LogP contribution >= 0.6 is 12.2 Å². The fourth-order valence-corrected chi connectivity index (χ4v) is 2.94. The van der Waals surface area contributed by atoms with Crippen LogP contribution in [0.25, 0.3) is 0 Å². The van der Waals surface area contributed by atoms with Gasteiger partial charge in [0.1, 0.15) is 0 Å². The Balaban J connectivity index is 1.59. The predicted octanol–water partition coefficient (Wildman–Crippen LogP) is 2.61. The number of hydrogen-bond donors (Lipinski definition) is 1. The van der Waals surface area contributed by atoms with Gasteiger partial charge in [-0.25, -0.2) is 9.97 Å². The zero-order valence-corrected chi connectivity index (χ0v) is 14.3. The van der Waals surface area contributed by atoms with Gasteiger partial charge < -0.3 is 15.1 Å². The molecule has 0 radical (unpaired) electrons. The Labute approximate surface area is 142 Å². The lowest BCUT2D eigenvalue weighted by Crippen LogP contribution is -2.50. The van der Waals surface area contributed by atoms with Gasteiger partial charge in [-0.2, -0.15) is 0 Å². The highest BCUT2D eigenvalue weighted by Gasteiger charge is 2.20. The summed E-state index contributed by atoms with van der Waals surface area (Å²) in [5, 5.41) is 4.17. The average Bonchev–Trinajstić information content (AvgIpc) is 2.60. The lowest BCUT2D eigenvalue weighted by atomic mass is 10.1. The van der Waals surface area contributed by atoms with Gasteiger partial charge >= 0.3 is 0 Å². The average molecular weight is 327 g/mol. The second kappa shape index (κ2) is 6.91. The number of nitrogens with zero attached hydrogens (tertiary/aromatic N) is 4. The number of nitrogens with one attached hydrogen (secondary N) is 1. The Hall–Kier alpha value is -2.21. The summed E-state index contributed by atoms with van der Waals surface area (Å²) in [5.74, 6) is 0.792. The first kappa shape index (κ1) is 15.7. The Morgan fingerprint density at radius 3 is 2.43 bits per heavy atom. The first-order valence-electron chi connectivity index (χ1n) is 7.79. The number of anilines is 2. The maximum absolute atomic E-state index is 5.58. The third kappa shape index (κ3) is 3.59. The van der Waals surface area contributed by atoms with Crippen LogP contribution in [0, 0.1) is 13.8 Å². The normalized spacial score (nSPS) is 14.7. The highest BCUT2D eigenvalue weighted by atomic mass is 32.1. The lowest BCUT2D eigenvalue weighted by Gasteiger charge is -2.36. The van der Waals surface area contributed by atoms with Crippen LogP contribution in [-0.2, 0) is 0 Å². The molecule has 6 heteroatoms. The van der Waals surface area contributed by atoms with E-state index in [1.165, 1.54) is 11.1 Å². The van der Waals surface area contributed by atoms with Crippen molar-refractivity contribution in [2.24, 2.45) is 0 Å². The summed E-state index contributed by atoms with van der Waals surface area (Å²) < 4.78 is 0. The van der Waals surface area contributed by atoms with Crippen molar-refractivity contribution >= 4 is 29.0 Å². The van der Waals surface area contributed by atoms with Crippen LogP contribution in [0.3, 0.4) is 0 Å². The molecule has 0 atom stereocenters. The molecule has 5 nitrogen and oxygen atoms in total. The van der Waals surface area contributed by atoms with Crippen LogP contribution in [0.4, 0.5) is 11.6 Å². The number of aromatic nitrogens is 2. The summed E-state index contributed by atoms with van der Waals surface area (Å²) >= 11 is 5.58. The van der Waals surface area contributed by atoms with Crippen molar-refractivity contribution in [1.29, 1.82) is 0 Å².